The summed E-state index contributed by atoms with van der Waals surface area (Å²) in [5, 5.41) is 0. The molecule has 0 aromatic rings. The van der Waals surface area contributed by atoms with Crippen LogP contribution in [0.1, 0.15) is 98.8 Å². The summed E-state index contributed by atoms with van der Waals surface area (Å²) < 4.78 is 5.38. The molecule has 1 spiro atoms. The molecule has 10 heterocycles. The predicted molar refractivity (Wildman–Crippen MR) is 107 cm³/mol. The van der Waals surface area contributed by atoms with Gasteiger partial charge >= 0.3 is 151 Å². The maximum absolute atomic E-state index is 3.56. The summed E-state index contributed by atoms with van der Waals surface area (Å²) in [6.07, 6.45) is 16.3. The number of fused-ring (bicyclic) bond motifs is 10. The first kappa shape index (κ1) is 13.7. The minimum atomic E-state index is -3.56. The Labute approximate surface area is 150 Å². The Hall–Kier alpha value is 0.519. The van der Waals surface area contributed by atoms with Crippen LogP contribution in [0.5, 0.6) is 0 Å². The van der Waals surface area contributed by atoms with Gasteiger partial charge in [0.25, 0.3) is 0 Å². The number of rotatable bonds is 10. The molecule has 10 aliphatic rings. The van der Waals surface area contributed by atoms with Gasteiger partial charge in [-0.25, -0.2) is 0 Å². The Morgan fingerprint density at radius 1 is 0.500 bits per heavy atom. The van der Waals surface area contributed by atoms with E-state index in [4.69, 9.17) is 0 Å². The topological polar surface area (TPSA) is 0 Å². The van der Waals surface area contributed by atoms with E-state index in [-0.39, 0.29) is 0 Å². The first-order valence-corrected chi connectivity index (χ1v) is 18.6. The van der Waals surface area contributed by atoms with Gasteiger partial charge in [0.2, 0.25) is 0 Å². The van der Waals surface area contributed by atoms with Crippen molar-refractivity contribution in [1.29, 1.82) is 0 Å². The van der Waals surface area contributed by atoms with Gasteiger partial charge < -0.3 is 0 Å². The van der Waals surface area contributed by atoms with Crippen molar-refractivity contribution in [3.63, 3.8) is 0 Å². The van der Waals surface area contributed by atoms with Gasteiger partial charge in [0.15, 0.2) is 0 Å². The minimum absolute atomic E-state index is 1.06. The molecule has 0 aliphatic carbocycles. The monoisotopic (exact) mass is 396 g/mol. The molecule has 0 bridgehead atoms. The van der Waals surface area contributed by atoms with Crippen LogP contribution in [0.4, 0.5) is 0 Å². The molecule has 26 heavy (non-hydrogen) atoms. The van der Waals surface area contributed by atoms with E-state index in [9.17, 15) is 0 Å². The molecule has 0 saturated carbocycles. The second-order valence-electron chi connectivity index (χ2n) is 14.5. The van der Waals surface area contributed by atoms with Crippen LogP contribution in [-0.4, -0.2) is 0 Å². The zero-order valence-corrected chi connectivity index (χ0v) is 18.9. The fourth-order valence-corrected chi connectivity index (χ4v) is 113. The summed E-state index contributed by atoms with van der Waals surface area (Å²) in [5.41, 5.74) is 0. The summed E-state index contributed by atoms with van der Waals surface area (Å²) in [7, 11) is 0. The third kappa shape index (κ3) is 0.163. The Kier molecular flexibility index (Phi) is 0.799. The van der Waals surface area contributed by atoms with Crippen LogP contribution in [0.25, 0.3) is 0 Å². The molecule has 0 aromatic carbocycles. The van der Waals surface area contributed by atoms with Crippen molar-refractivity contribution < 1.29 is 6.51 Å². The standard InChI is InChI=1S/C14H23.C11H17.Fe/c1-4-7-12-10-11-13(8-5-2)14(12)9-6-3;1-3-6-10-8-5-9-11(10)7-4-2;/h10-11H,4-9H2,1-3H3;5,8-9H,3-4,6-7H2,1-2H3;. The van der Waals surface area contributed by atoms with Crippen LogP contribution in [0, 0.1) is 0 Å². The molecule has 10 fully saturated rings. The van der Waals surface area contributed by atoms with E-state index in [1.807, 2.05) is 0 Å². The second-order valence-corrected chi connectivity index (χ2v) is 37.3. The van der Waals surface area contributed by atoms with Gasteiger partial charge in [-0.3, -0.25) is 0 Å². The normalized spacial score (nSPS) is 93.7. The molecule has 8 atom stereocenters. The fourth-order valence-electron chi connectivity index (χ4n) is 25.4. The van der Waals surface area contributed by atoms with E-state index in [1.54, 1.807) is 32.1 Å². The van der Waals surface area contributed by atoms with Crippen LogP contribution in [0.3, 0.4) is 0 Å². The Balaban J connectivity index is 1.46. The van der Waals surface area contributed by atoms with Crippen LogP contribution < -0.4 is 0 Å². The van der Waals surface area contributed by atoms with E-state index >= 15 is 0 Å². The molecule has 0 nitrogen and oxygen atoms in total. The predicted octanol–water partition coefficient (Wildman–Crippen LogP) is 9.23. The van der Waals surface area contributed by atoms with Gasteiger partial charge in [0.05, 0.1) is 0 Å². The molecule has 0 aromatic heterocycles. The molecule has 8 unspecified atom stereocenters. The molecular weight excluding hydrogens is 356 g/mol. The average Bonchev–Trinajstić information content (AvgIpc) is 3.58. The van der Waals surface area contributed by atoms with Crippen LogP contribution in [0.15, 0.2) is 0 Å². The summed E-state index contributed by atoms with van der Waals surface area (Å²) >= 11 is 0. The molecule has 0 amide bonds. The van der Waals surface area contributed by atoms with Gasteiger partial charge in [0.1, 0.15) is 0 Å². The first-order chi connectivity index (χ1) is 12.4. The maximum atomic E-state index is 2.57. The quantitative estimate of drug-likeness (QED) is 0.323. The van der Waals surface area contributed by atoms with Crippen molar-refractivity contribution >= 4 is 0 Å². The van der Waals surface area contributed by atoms with Crippen LogP contribution in [0.2, 0.25) is 45.6 Å². The van der Waals surface area contributed by atoms with Gasteiger partial charge in [-0.1, -0.05) is 0 Å². The molecule has 148 valence electrons. The number of hydrogen-bond donors (Lipinski definition) is 0. The summed E-state index contributed by atoms with van der Waals surface area (Å²) in [5.74, 6) is 0. The SMILES string of the molecule is CCC[C]12[CH]3[CH]4[CH]5[C]1(CCC)[Fe]43521678[CH]2[CH]1[C]6(CCC)[C]7(CCC)[C]28CCC. The van der Waals surface area contributed by atoms with Crippen molar-refractivity contribution in [2.45, 2.75) is 144 Å². The Morgan fingerprint density at radius 3 is 1.23 bits per heavy atom. The summed E-state index contributed by atoms with van der Waals surface area (Å²) in [6.45, 7) is 9.28. The van der Waals surface area contributed by atoms with Gasteiger partial charge in [-0.05, 0) is 0 Å². The molecular formula is C25H40Fe. The van der Waals surface area contributed by atoms with Crippen molar-refractivity contribution in [2.75, 3.05) is 0 Å². The van der Waals surface area contributed by atoms with E-state index in [1.165, 1.54) is 56.2 Å². The number of hydrogen-bond acceptors (Lipinski definition) is 0. The van der Waals surface area contributed by atoms with Crippen LogP contribution in [-0.2, 0) is 6.51 Å². The zero-order chi connectivity index (χ0) is 17.8. The zero-order valence-electron chi connectivity index (χ0n) is 17.8. The van der Waals surface area contributed by atoms with Gasteiger partial charge in [-0.2, -0.15) is 0 Å². The van der Waals surface area contributed by atoms with Crippen molar-refractivity contribution in [3.05, 3.63) is 0 Å². The van der Waals surface area contributed by atoms with Crippen LogP contribution >= 0.6 is 0 Å². The third-order valence-corrected chi connectivity index (χ3v) is 67.2. The molecule has 10 saturated heterocycles. The first-order valence-electron chi connectivity index (χ1n) is 12.6. The molecule has 10 aliphatic heterocycles. The average molecular weight is 396 g/mol. The molecule has 0 N–H and O–H groups in total. The van der Waals surface area contributed by atoms with Crippen molar-refractivity contribution in [2.24, 2.45) is 0 Å². The third-order valence-electron chi connectivity index (χ3n) is 20.0. The summed E-state index contributed by atoms with van der Waals surface area (Å²) in [6, 6.07) is 0. The van der Waals surface area contributed by atoms with Gasteiger partial charge in [-0.15, -0.1) is 0 Å². The van der Waals surface area contributed by atoms with E-state index in [0.29, 0.717) is 0 Å². The van der Waals surface area contributed by atoms with E-state index < -0.39 is 6.51 Å². The summed E-state index contributed by atoms with van der Waals surface area (Å²) in [4.78, 5) is 7.27. The van der Waals surface area contributed by atoms with E-state index in [2.05, 4.69) is 34.6 Å². The second kappa shape index (κ2) is 1.52. The molecule has 1 heteroatoms. The van der Waals surface area contributed by atoms with Crippen molar-refractivity contribution in [1.82, 2.24) is 0 Å². The van der Waals surface area contributed by atoms with Crippen molar-refractivity contribution in [3.8, 4) is 0 Å². The van der Waals surface area contributed by atoms with E-state index in [0.717, 1.165) is 21.6 Å². The van der Waals surface area contributed by atoms with Gasteiger partial charge in [0, 0.05) is 0 Å². The Bertz CT molecular complexity index is 1130. The molecule has 0 radical (unpaired) electrons. The fraction of sp³-hybridized carbons (Fsp3) is 1.00. The molecule has 10 rings (SSSR count). The Morgan fingerprint density at radius 2 is 0.885 bits per heavy atom.